The van der Waals surface area contributed by atoms with E-state index in [1.54, 1.807) is 24.3 Å². The molecule has 3 N–H and O–H groups in total. The van der Waals surface area contributed by atoms with Gasteiger partial charge in [0.2, 0.25) is 0 Å². The average molecular weight is 535 g/mol. The molecule has 0 heterocycles. The minimum atomic E-state index is -1.76. The molecule has 2 amide bonds. The summed E-state index contributed by atoms with van der Waals surface area (Å²) in [7, 11) is 1.46. The van der Waals surface area contributed by atoms with E-state index in [1.807, 2.05) is 68.4 Å². The maximum Gasteiger partial charge on any atom is 0.334 e. The van der Waals surface area contributed by atoms with Crippen LogP contribution in [0.5, 0.6) is 11.5 Å². The lowest BCUT2D eigenvalue weighted by Crippen LogP contribution is -2.53. The second-order valence-corrected chi connectivity index (χ2v) is 9.49. The van der Waals surface area contributed by atoms with Crippen LogP contribution in [0.1, 0.15) is 19.4 Å². The van der Waals surface area contributed by atoms with Crippen LogP contribution in [0.25, 0.3) is 11.1 Å². The molecule has 0 aliphatic carbocycles. The fourth-order valence-corrected chi connectivity index (χ4v) is 3.98. The number of rotatable bonds is 12. The summed E-state index contributed by atoms with van der Waals surface area (Å²) in [5.74, 6) is -1.62. The SMILES string of the molecule is COc1ccccc1OC(=O)C(Cc1ccc(-c2ccccc2)cc1)NC(=O)N(CC(C)C)CC(O)C(=O)O. The Morgan fingerprint density at radius 2 is 1.44 bits per heavy atom. The van der Waals surface area contributed by atoms with Gasteiger partial charge in [-0.1, -0.05) is 80.6 Å². The number of para-hydroxylation sites is 2. The number of carboxylic acid groups (broad SMARTS) is 1. The molecule has 0 saturated carbocycles. The van der Waals surface area contributed by atoms with Crippen molar-refractivity contribution in [3.05, 3.63) is 84.4 Å². The Morgan fingerprint density at radius 3 is 2.03 bits per heavy atom. The van der Waals surface area contributed by atoms with Crippen LogP contribution in [0.3, 0.4) is 0 Å². The lowest BCUT2D eigenvalue weighted by Gasteiger charge is -2.28. The first kappa shape index (κ1) is 29.2. The highest BCUT2D eigenvalue weighted by Gasteiger charge is 2.29. The Morgan fingerprint density at radius 1 is 0.846 bits per heavy atom. The third-order valence-electron chi connectivity index (χ3n) is 5.91. The van der Waals surface area contributed by atoms with Crippen molar-refractivity contribution < 1.29 is 34.1 Å². The molecular weight excluding hydrogens is 500 g/mol. The van der Waals surface area contributed by atoms with Gasteiger partial charge in [0, 0.05) is 13.0 Å². The molecule has 206 valence electrons. The molecule has 0 spiro atoms. The number of methoxy groups -OCH3 is 1. The molecule has 0 aliphatic rings. The number of nitrogens with zero attached hydrogens (tertiary/aromatic N) is 1. The van der Waals surface area contributed by atoms with Crippen molar-refractivity contribution >= 4 is 18.0 Å². The van der Waals surface area contributed by atoms with E-state index >= 15 is 0 Å². The topological polar surface area (TPSA) is 125 Å². The number of carboxylic acids is 1. The van der Waals surface area contributed by atoms with E-state index in [1.165, 1.54) is 12.0 Å². The Kier molecular flexibility index (Phi) is 10.5. The molecule has 0 fully saturated rings. The molecule has 2 atom stereocenters. The van der Waals surface area contributed by atoms with Gasteiger partial charge in [0.05, 0.1) is 13.7 Å². The number of carbonyl (C=O) groups excluding carboxylic acids is 2. The third-order valence-corrected chi connectivity index (χ3v) is 5.91. The van der Waals surface area contributed by atoms with Crippen LogP contribution in [-0.4, -0.2) is 65.4 Å². The summed E-state index contributed by atoms with van der Waals surface area (Å²) in [4.78, 5) is 39.0. The monoisotopic (exact) mass is 534 g/mol. The van der Waals surface area contributed by atoms with Crippen molar-refractivity contribution in [2.24, 2.45) is 5.92 Å². The molecule has 39 heavy (non-hydrogen) atoms. The Labute approximate surface area is 228 Å². The highest BCUT2D eigenvalue weighted by molar-refractivity contribution is 5.86. The van der Waals surface area contributed by atoms with Gasteiger partial charge in [-0.05, 0) is 34.7 Å². The molecule has 9 heteroatoms. The van der Waals surface area contributed by atoms with Crippen LogP contribution in [-0.2, 0) is 16.0 Å². The van der Waals surface area contributed by atoms with Crippen LogP contribution >= 0.6 is 0 Å². The minimum absolute atomic E-state index is 0.0127. The summed E-state index contributed by atoms with van der Waals surface area (Å²) in [6.45, 7) is 3.46. The van der Waals surface area contributed by atoms with Crippen molar-refractivity contribution in [3.63, 3.8) is 0 Å². The number of esters is 1. The number of amides is 2. The van der Waals surface area contributed by atoms with Gasteiger partial charge >= 0.3 is 18.0 Å². The van der Waals surface area contributed by atoms with Gasteiger partial charge < -0.3 is 29.9 Å². The first-order chi connectivity index (χ1) is 18.7. The summed E-state index contributed by atoms with van der Waals surface area (Å²) in [6, 6.07) is 22.3. The zero-order valence-corrected chi connectivity index (χ0v) is 22.2. The Balaban J connectivity index is 1.85. The molecule has 0 radical (unpaired) electrons. The quantitative estimate of drug-likeness (QED) is 0.237. The van der Waals surface area contributed by atoms with E-state index < -0.39 is 36.7 Å². The van der Waals surface area contributed by atoms with Crippen molar-refractivity contribution in [3.8, 4) is 22.6 Å². The third kappa shape index (κ3) is 8.58. The average Bonchev–Trinajstić information content (AvgIpc) is 2.93. The van der Waals surface area contributed by atoms with Crippen LogP contribution in [0.2, 0.25) is 0 Å². The smallest absolute Gasteiger partial charge is 0.334 e. The van der Waals surface area contributed by atoms with E-state index in [9.17, 15) is 19.5 Å². The standard InChI is InChI=1S/C30H34N2O7/c1-20(2)18-32(19-25(33)28(34)35)30(37)31-24(29(36)39-27-12-8-7-11-26(27)38-3)17-21-13-15-23(16-14-21)22-9-5-4-6-10-22/h4-16,20,24-25,33H,17-19H2,1-3H3,(H,31,37)(H,34,35). The number of carbonyl (C=O) groups is 3. The number of aliphatic hydroxyl groups excluding tert-OH is 1. The first-order valence-corrected chi connectivity index (χ1v) is 12.6. The van der Waals surface area contributed by atoms with Crippen LogP contribution < -0.4 is 14.8 Å². The van der Waals surface area contributed by atoms with Crippen LogP contribution in [0, 0.1) is 5.92 Å². The number of nitrogens with one attached hydrogen (secondary N) is 1. The van der Waals surface area contributed by atoms with E-state index in [-0.39, 0.29) is 24.6 Å². The molecule has 3 aromatic carbocycles. The van der Waals surface area contributed by atoms with Crippen molar-refractivity contribution in [1.82, 2.24) is 10.2 Å². The van der Waals surface area contributed by atoms with E-state index in [2.05, 4.69) is 5.32 Å². The molecule has 3 aromatic rings. The predicted octanol–water partition coefficient (Wildman–Crippen LogP) is 3.99. The van der Waals surface area contributed by atoms with Crippen LogP contribution in [0.15, 0.2) is 78.9 Å². The van der Waals surface area contributed by atoms with Gasteiger partial charge in [0.15, 0.2) is 17.6 Å². The highest BCUT2D eigenvalue weighted by Crippen LogP contribution is 2.26. The first-order valence-electron chi connectivity index (χ1n) is 12.6. The molecule has 0 aromatic heterocycles. The van der Waals surface area contributed by atoms with Crippen molar-refractivity contribution in [1.29, 1.82) is 0 Å². The zero-order chi connectivity index (χ0) is 28.4. The van der Waals surface area contributed by atoms with E-state index in [0.29, 0.717) is 5.75 Å². The Bertz CT molecular complexity index is 1250. The molecule has 0 bridgehead atoms. The number of hydrogen-bond acceptors (Lipinski definition) is 6. The number of aliphatic hydroxyl groups is 1. The number of urea groups is 1. The zero-order valence-electron chi connectivity index (χ0n) is 22.2. The molecule has 2 unspecified atom stereocenters. The normalized spacial score (nSPS) is 12.3. The largest absolute Gasteiger partial charge is 0.493 e. The summed E-state index contributed by atoms with van der Waals surface area (Å²) in [5.41, 5.74) is 2.83. The summed E-state index contributed by atoms with van der Waals surface area (Å²) >= 11 is 0. The summed E-state index contributed by atoms with van der Waals surface area (Å²) in [5, 5.41) is 21.7. The summed E-state index contributed by atoms with van der Waals surface area (Å²) < 4.78 is 10.9. The second kappa shape index (κ2) is 14.0. The molecule has 3 rings (SSSR count). The molecular formula is C30H34N2O7. The van der Waals surface area contributed by atoms with Gasteiger partial charge in [0.25, 0.3) is 0 Å². The second-order valence-electron chi connectivity index (χ2n) is 9.49. The van der Waals surface area contributed by atoms with Crippen LogP contribution in [0.4, 0.5) is 4.79 Å². The fourth-order valence-electron chi connectivity index (χ4n) is 3.98. The maximum atomic E-state index is 13.3. The fraction of sp³-hybridized carbons (Fsp3) is 0.300. The van der Waals surface area contributed by atoms with Gasteiger partial charge in [-0.2, -0.15) is 0 Å². The predicted molar refractivity (Wildman–Crippen MR) is 147 cm³/mol. The summed E-state index contributed by atoms with van der Waals surface area (Å²) in [6.07, 6.45) is -1.65. The number of hydrogen-bond donors (Lipinski definition) is 3. The van der Waals surface area contributed by atoms with Gasteiger partial charge in [-0.3, -0.25) is 0 Å². The molecule has 0 aliphatic heterocycles. The van der Waals surface area contributed by atoms with Gasteiger partial charge in [-0.25, -0.2) is 14.4 Å². The molecule has 0 saturated heterocycles. The number of ether oxygens (including phenoxy) is 2. The van der Waals surface area contributed by atoms with Gasteiger partial charge in [0.1, 0.15) is 6.04 Å². The van der Waals surface area contributed by atoms with E-state index in [4.69, 9.17) is 14.6 Å². The number of aliphatic carboxylic acids is 1. The lowest BCUT2D eigenvalue weighted by molar-refractivity contribution is -0.147. The van der Waals surface area contributed by atoms with E-state index in [0.717, 1.165) is 16.7 Å². The van der Waals surface area contributed by atoms with Crippen molar-refractivity contribution in [2.75, 3.05) is 20.2 Å². The van der Waals surface area contributed by atoms with Crippen molar-refractivity contribution in [2.45, 2.75) is 32.4 Å². The lowest BCUT2D eigenvalue weighted by atomic mass is 10.0. The Hall–Kier alpha value is -4.37. The maximum absolute atomic E-state index is 13.3. The van der Waals surface area contributed by atoms with Gasteiger partial charge in [-0.15, -0.1) is 0 Å². The highest BCUT2D eigenvalue weighted by atomic mass is 16.6. The molecule has 9 nitrogen and oxygen atoms in total. The number of benzene rings is 3. The minimum Gasteiger partial charge on any atom is -0.493 e.